The smallest absolute Gasteiger partial charge is 0.239 e. The molecular weight excluding hydrogens is 168 g/mol. The van der Waals surface area contributed by atoms with Crippen LogP contribution in [0.5, 0.6) is 0 Å². The Labute approximate surface area is 78.8 Å². The van der Waals surface area contributed by atoms with Gasteiger partial charge >= 0.3 is 0 Å². The van der Waals surface area contributed by atoms with E-state index in [4.69, 9.17) is 10.5 Å². The normalized spacial score (nSPS) is 23.2. The first-order valence-electron chi connectivity index (χ1n) is 4.65. The van der Waals surface area contributed by atoms with Gasteiger partial charge in [0.2, 0.25) is 5.91 Å². The standard InChI is InChI=1S/C9H18N2O2/c1-9(2,10)8(12)11-5-7-3-4-13-6-7/h7H,3-6,10H2,1-2H3,(H,11,12). The molecule has 1 unspecified atom stereocenters. The van der Waals surface area contributed by atoms with Crippen molar-refractivity contribution in [3.8, 4) is 0 Å². The summed E-state index contributed by atoms with van der Waals surface area (Å²) < 4.78 is 5.19. The summed E-state index contributed by atoms with van der Waals surface area (Å²) in [6, 6.07) is 0. The van der Waals surface area contributed by atoms with Crippen LogP contribution in [0.1, 0.15) is 20.3 Å². The highest BCUT2D eigenvalue weighted by Crippen LogP contribution is 2.10. The highest BCUT2D eigenvalue weighted by molar-refractivity contribution is 5.84. The lowest BCUT2D eigenvalue weighted by Gasteiger charge is -2.19. The largest absolute Gasteiger partial charge is 0.381 e. The Morgan fingerprint density at radius 1 is 1.69 bits per heavy atom. The summed E-state index contributed by atoms with van der Waals surface area (Å²) >= 11 is 0. The average molecular weight is 186 g/mol. The molecule has 13 heavy (non-hydrogen) atoms. The number of nitrogens with one attached hydrogen (secondary N) is 1. The average Bonchev–Trinajstić information content (AvgIpc) is 2.50. The first-order valence-corrected chi connectivity index (χ1v) is 4.65. The van der Waals surface area contributed by atoms with Crippen LogP contribution in [0.25, 0.3) is 0 Å². The summed E-state index contributed by atoms with van der Waals surface area (Å²) in [7, 11) is 0. The highest BCUT2D eigenvalue weighted by atomic mass is 16.5. The molecule has 3 N–H and O–H groups in total. The van der Waals surface area contributed by atoms with E-state index < -0.39 is 5.54 Å². The molecule has 0 aromatic carbocycles. The molecule has 0 aliphatic carbocycles. The zero-order valence-electron chi connectivity index (χ0n) is 8.30. The number of amides is 1. The molecule has 1 saturated heterocycles. The monoisotopic (exact) mass is 186 g/mol. The van der Waals surface area contributed by atoms with Gasteiger partial charge in [0.1, 0.15) is 0 Å². The van der Waals surface area contributed by atoms with Crippen molar-refractivity contribution in [3.63, 3.8) is 0 Å². The van der Waals surface area contributed by atoms with Crippen LogP contribution in [0, 0.1) is 5.92 Å². The van der Waals surface area contributed by atoms with Crippen molar-refractivity contribution in [2.75, 3.05) is 19.8 Å². The quantitative estimate of drug-likeness (QED) is 0.645. The van der Waals surface area contributed by atoms with Crippen LogP contribution in [-0.4, -0.2) is 31.2 Å². The predicted octanol–water partition coefficient (Wildman–Crippen LogP) is -0.124. The van der Waals surface area contributed by atoms with E-state index in [1.54, 1.807) is 13.8 Å². The Bertz CT molecular complexity index is 181. The third kappa shape index (κ3) is 3.32. The van der Waals surface area contributed by atoms with Crippen molar-refractivity contribution in [3.05, 3.63) is 0 Å². The van der Waals surface area contributed by atoms with Gasteiger partial charge in [0.15, 0.2) is 0 Å². The van der Waals surface area contributed by atoms with Crippen LogP contribution >= 0.6 is 0 Å². The van der Waals surface area contributed by atoms with Gasteiger partial charge in [0.05, 0.1) is 12.1 Å². The van der Waals surface area contributed by atoms with Crippen molar-refractivity contribution >= 4 is 5.91 Å². The zero-order valence-corrected chi connectivity index (χ0v) is 8.30. The number of rotatable bonds is 3. The Kier molecular flexibility index (Phi) is 3.27. The van der Waals surface area contributed by atoms with Gasteiger partial charge in [0.25, 0.3) is 0 Å². The molecule has 0 radical (unpaired) electrons. The lowest BCUT2D eigenvalue weighted by atomic mass is 10.1. The van der Waals surface area contributed by atoms with E-state index in [1.165, 1.54) is 0 Å². The van der Waals surface area contributed by atoms with Crippen LogP contribution < -0.4 is 11.1 Å². The van der Waals surface area contributed by atoms with E-state index in [9.17, 15) is 4.79 Å². The van der Waals surface area contributed by atoms with E-state index in [0.29, 0.717) is 12.5 Å². The number of carbonyl (C=O) groups excluding carboxylic acids is 1. The zero-order chi connectivity index (χ0) is 9.90. The molecule has 0 spiro atoms. The topological polar surface area (TPSA) is 64.4 Å². The van der Waals surface area contributed by atoms with Crippen molar-refractivity contribution in [1.82, 2.24) is 5.32 Å². The Hall–Kier alpha value is -0.610. The molecule has 0 aromatic rings. The summed E-state index contributed by atoms with van der Waals surface area (Å²) in [5.74, 6) is 0.366. The van der Waals surface area contributed by atoms with Crippen LogP contribution in [0.3, 0.4) is 0 Å². The predicted molar refractivity (Wildman–Crippen MR) is 50.2 cm³/mol. The second-order valence-electron chi connectivity index (χ2n) is 4.16. The molecule has 1 aliphatic rings. The molecule has 0 bridgehead atoms. The van der Waals surface area contributed by atoms with Crippen LogP contribution in [0.2, 0.25) is 0 Å². The Balaban J connectivity index is 2.22. The van der Waals surface area contributed by atoms with Gasteiger partial charge in [-0.2, -0.15) is 0 Å². The maximum atomic E-state index is 11.3. The van der Waals surface area contributed by atoms with Gasteiger partial charge in [-0.15, -0.1) is 0 Å². The maximum Gasteiger partial charge on any atom is 0.239 e. The molecule has 1 amide bonds. The van der Waals surface area contributed by atoms with Gasteiger partial charge in [-0.05, 0) is 20.3 Å². The van der Waals surface area contributed by atoms with E-state index in [1.807, 2.05) is 0 Å². The molecule has 4 heteroatoms. The van der Waals surface area contributed by atoms with Gasteiger partial charge in [-0.1, -0.05) is 0 Å². The second-order valence-corrected chi connectivity index (χ2v) is 4.16. The molecule has 4 nitrogen and oxygen atoms in total. The molecule has 76 valence electrons. The fourth-order valence-corrected chi connectivity index (χ4v) is 1.21. The first-order chi connectivity index (χ1) is 6.00. The highest BCUT2D eigenvalue weighted by Gasteiger charge is 2.23. The van der Waals surface area contributed by atoms with Gasteiger partial charge in [-0.25, -0.2) is 0 Å². The minimum Gasteiger partial charge on any atom is -0.381 e. The maximum absolute atomic E-state index is 11.3. The van der Waals surface area contributed by atoms with Crippen molar-refractivity contribution < 1.29 is 9.53 Å². The third-order valence-electron chi connectivity index (χ3n) is 2.16. The molecule has 1 fully saturated rings. The number of ether oxygens (including phenoxy) is 1. The summed E-state index contributed by atoms with van der Waals surface area (Å²) in [5.41, 5.74) is 4.84. The van der Waals surface area contributed by atoms with E-state index in [0.717, 1.165) is 19.6 Å². The van der Waals surface area contributed by atoms with Crippen LogP contribution in [-0.2, 0) is 9.53 Å². The number of nitrogens with two attached hydrogens (primary N) is 1. The number of hydrogen-bond donors (Lipinski definition) is 2. The first kappa shape index (κ1) is 10.5. The number of carbonyl (C=O) groups is 1. The van der Waals surface area contributed by atoms with Gasteiger partial charge in [-0.3, -0.25) is 4.79 Å². The molecule has 1 rings (SSSR count). The third-order valence-corrected chi connectivity index (χ3v) is 2.16. The molecule has 1 atom stereocenters. The van der Waals surface area contributed by atoms with Gasteiger partial charge < -0.3 is 15.8 Å². The summed E-state index contributed by atoms with van der Waals surface area (Å²) in [6.07, 6.45) is 1.03. The lowest BCUT2D eigenvalue weighted by Crippen LogP contribution is -2.50. The molecular formula is C9H18N2O2. The fraction of sp³-hybridized carbons (Fsp3) is 0.889. The Morgan fingerprint density at radius 2 is 2.38 bits per heavy atom. The minimum absolute atomic E-state index is 0.0978. The molecule has 1 heterocycles. The summed E-state index contributed by atoms with van der Waals surface area (Å²) in [5, 5.41) is 2.82. The molecule has 1 aliphatic heterocycles. The van der Waals surface area contributed by atoms with E-state index in [2.05, 4.69) is 5.32 Å². The molecule has 0 saturated carbocycles. The minimum atomic E-state index is -0.778. The van der Waals surface area contributed by atoms with Crippen LogP contribution in [0.4, 0.5) is 0 Å². The van der Waals surface area contributed by atoms with Crippen LogP contribution in [0.15, 0.2) is 0 Å². The molecule has 0 aromatic heterocycles. The van der Waals surface area contributed by atoms with E-state index >= 15 is 0 Å². The SMILES string of the molecule is CC(C)(N)C(=O)NCC1CCOC1. The second kappa shape index (κ2) is 4.07. The van der Waals surface area contributed by atoms with Crippen molar-refractivity contribution in [2.24, 2.45) is 11.7 Å². The van der Waals surface area contributed by atoms with Crippen molar-refractivity contribution in [1.29, 1.82) is 0 Å². The van der Waals surface area contributed by atoms with Gasteiger partial charge in [0, 0.05) is 19.1 Å². The number of hydrogen-bond acceptors (Lipinski definition) is 3. The lowest BCUT2D eigenvalue weighted by molar-refractivity contribution is -0.125. The Morgan fingerprint density at radius 3 is 2.85 bits per heavy atom. The van der Waals surface area contributed by atoms with Crippen molar-refractivity contribution in [2.45, 2.75) is 25.8 Å². The fourth-order valence-electron chi connectivity index (χ4n) is 1.21. The summed E-state index contributed by atoms with van der Waals surface area (Å²) in [6.45, 7) is 5.65. The van der Waals surface area contributed by atoms with E-state index in [-0.39, 0.29) is 5.91 Å². The summed E-state index contributed by atoms with van der Waals surface area (Å²) in [4.78, 5) is 11.3.